The Morgan fingerprint density at radius 2 is 1.83 bits per heavy atom. The Labute approximate surface area is 257 Å². The van der Waals surface area contributed by atoms with E-state index in [2.05, 4.69) is 12.6 Å². The minimum Gasteiger partial charge on any atom is -0.330 e. The van der Waals surface area contributed by atoms with Crippen molar-refractivity contribution in [2.45, 2.75) is 57.2 Å². The molecular weight excluding hydrogens is 595 g/mol. The van der Waals surface area contributed by atoms with Crippen molar-refractivity contribution in [2.24, 2.45) is 11.3 Å². The highest BCUT2D eigenvalue weighted by Gasteiger charge is 2.53. The average Bonchev–Trinajstić information content (AvgIpc) is 3.63. The maximum absolute atomic E-state index is 14.7. The first-order valence-electron chi connectivity index (χ1n) is 13.9. The lowest BCUT2D eigenvalue weighted by Crippen LogP contribution is -2.58. The van der Waals surface area contributed by atoms with Crippen LogP contribution >= 0.6 is 34.5 Å². The fourth-order valence-corrected chi connectivity index (χ4v) is 8.22. The molecule has 0 bridgehead atoms. The van der Waals surface area contributed by atoms with Crippen molar-refractivity contribution in [3.05, 3.63) is 105 Å². The second-order valence-electron chi connectivity index (χ2n) is 11.7. The molecule has 1 saturated heterocycles. The minimum atomic E-state index is -3.54. The molecule has 0 N–H and O–H groups in total. The van der Waals surface area contributed by atoms with E-state index in [1.807, 2.05) is 77.9 Å². The third-order valence-electron chi connectivity index (χ3n) is 8.48. The van der Waals surface area contributed by atoms with Crippen LogP contribution in [0.2, 0.25) is 10.0 Å². The molecule has 0 radical (unpaired) electrons. The van der Waals surface area contributed by atoms with Crippen molar-refractivity contribution in [3.63, 3.8) is 0 Å². The first kappa shape index (κ1) is 30.3. The number of allylic oxidation sites excluding steroid dienone is 1. The summed E-state index contributed by atoms with van der Waals surface area (Å²) < 4.78 is 27.8. The molecule has 4 unspecified atom stereocenters. The van der Waals surface area contributed by atoms with E-state index in [9.17, 15) is 13.2 Å². The summed E-state index contributed by atoms with van der Waals surface area (Å²) in [5.41, 5.74) is 1.33. The van der Waals surface area contributed by atoms with Gasteiger partial charge in [-0.2, -0.15) is 4.31 Å². The lowest BCUT2D eigenvalue weighted by molar-refractivity contribution is -0.155. The number of thiophene rings is 1. The van der Waals surface area contributed by atoms with Gasteiger partial charge in [0.25, 0.3) is 0 Å². The largest absolute Gasteiger partial charge is 0.330 e. The summed E-state index contributed by atoms with van der Waals surface area (Å²) in [4.78, 5) is 17.7. The number of benzene rings is 2. The highest BCUT2D eigenvalue weighted by molar-refractivity contribution is 7.88. The van der Waals surface area contributed by atoms with E-state index in [1.54, 1.807) is 4.31 Å². The molecular formula is C32H36Cl2N2O3S2. The van der Waals surface area contributed by atoms with E-state index in [0.717, 1.165) is 28.8 Å². The summed E-state index contributed by atoms with van der Waals surface area (Å²) in [5, 5.41) is 3.22. The number of hydrogen-bond acceptors (Lipinski definition) is 4. The van der Waals surface area contributed by atoms with Gasteiger partial charge in [-0.3, -0.25) is 4.79 Å². The Morgan fingerprint density at radius 1 is 1.10 bits per heavy atom. The molecule has 1 saturated carbocycles. The Balaban J connectivity index is 1.65. The van der Waals surface area contributed by atoms with Crippen molar-refractivity contribution in [1.82, 2.24) is 9.21 Å². The molecule has 2 heterocycles. The van der Waals surface area contributed by atoms with Crippen LogP contribution in [0.1, 0.15) is 60.6 Å². The maximum Gasteiger partial charge on any atom is 0.229 e. The van der Waals surface area contributed by atoms with Crippen LogP contribution < -0.4 is 0 Å². The predicted molar refractivity (Wildman–Crippen MR) is 169 cm³/mol. The second-order valence-corrected chi connectivity index (χ2v) is 15.6. The van der Waals surface area contributed by atoms with Crippen molar-refractivity contribution in [2.75, 3.05) is 12.8 Å². The van der Waals surface area contributed by atoms with E-state index in [4.69, 9.17) is 23.2 Å². The first-order valence-corrected chi connectivity index (χ1v) is 17.4. The van der Waals surface area contributed by atoms with Gasteiger partial charge in [0.05, 0.1) is 17.7 Å². The fraction of sp³-hybridized carbons (Fsp3) is 0.406. The summed E-state index contributed by atoms with van der Waals surface area (Å²) in [6.07, 6.45) is 6.13. The van der Waals surface area contributed by atoms with Crippen LogP contribution in [0.3, 0.4) is 0 Å². The van der Waals surface area contributed by atoms with Gasteiger partial charge in [-0.15, -0.1) is 17.9 Å². The minimum absolute atomic E-state index is 0.0390. The highest BCUT2D eigenvalue weighted by Crippen LogP contribution is 2.54. The summed E-state index contributed by atoms with van der Waals surface area (Å²) in [5.74, 6) is 0.187. The molecule has 1 aromatic heterocycles. The maximum atomic E-state index is 14.7. The molecule has 218 valence electrons. The number of amides is 1. The summed E-state index contributed by atoms with van der Waals surface area (Å²) in [6.45, 7) is 6.52. The summed E-state index contributed by atoms with van der Waals surface area (Å²) >= 11 is 14.3. The zero-order valence-corrected chi connectivity index (χ0v) is 26.5. The molecule has 2 aliphatic rings. The van der Waals surface area contributed by atoms with Gasteiger partial charge in [-0.1, -0.05) is 66.5 Å². The van der Waals surface area contributed by atoms with Crippen LogP contribution in [0.5, 0.6) is 0 Å². The normalized spacial score (nSPS) is 24.0. The van der Waals surface area contributed by atoms with E-state index in [0.29, 0.717) is 22.9 Å². The molecule has 41 heavy (non-hydrogen) atoms. The molecule has 1 aliphatic carbocycles. The van der Waals surface area contributed by atoms with Crippen LogP contribution in [0.25, 0.3) is 0 Å². The molecule has 5 rings (SSSR count). The highest BCUT2D eigenvalue weighted by atomic mass is 35.5. The van der Waals surface area contributed by atoms with Crippen molar-refractivity contribution >= 4 is 50.5 Å². The SMILES string of the molecule is C=CCC1(C)CC(c2cccc(Cl)c2)C(c2ccc(Cl)cc2)N(C(CN(Cc2cccs2)S(C)(=O)=O)C2CC2)C1=O. The van der Waals surface area contributed by atoms with E-state index >= 15 is 0 Å². The molecule has 1 aliphatic heterocycles. The van der Waals surface area contributed by atoms with Crippen LogP contribution in [0, 0.1) is 11.3 Å². The summed E-state index contributed by atoms with van der Waals surface area (Å²) in [6, 6.07) is 18.9. The zero-order valence-electron chi connectivity index (χ0n) is 23.4. The molecule has 2 fully saturated rings. The standard InChI is InChI=1S/C32H36Cl2N2O3S2/c1-4-16-32(2)19-28(24-7-5-8-26(34)18-24)30(23-12-14-25(33)15-13-23)36(31(32)37)29(22-10-11-22)21-35(41(3,38)39)20-27-9-6-17-40-27/h4-9,12-15,17-18,22,28-30H,1,10-11,16,19-21H2,2-3H3. The topological polar surface area (TPSA) is 57.7 Å². The average molecular weight is 632 g/mol. The second kappa shape index (κ2) is 12.2. The third-order valence-corrected chi connectivity index (χ3v) is 11.0. The van der Waals surface area contributed by atoms with Gasteiger partial charge < -0.3 is 4.90 Å². The van der Waals surface area contributed by atoms with E-state index in [1.165, 1.54) is 17.6 Å². The number of hydrogen-bond donors (Lipinski definition) is 0. The van der Waals surface area contributed by atoms with Gasteiger partial charge in [0, 0.05) is 40.0 Å². The number of sulfonamides is 1. The monoisotopic (exact) mass is 630 g/mol. The Kier molecular flexibility index (Phi) is 9.03. The molecule has 9 heteroatoms. The number of nitrogens with zero attached hydrogens (tertiary/aromatic N) is 2. The zero-order chi connectivity index (χ0) is 29.4. The quantitative estimate of drug-likeness (QED) is 0.202. The fourth-order valence-electron chi connectivity index (χ4n) is 6.30. The lowest BCUT2D eigenvalue weighted by Gasteiger charge is -2.52. The predicted octanol–water partition coefficient (Wildman–Crippen LogP) is 7.93. The molecule has 3 aromatic rings. The van der Waals surface area contributed by atoms with Gasteiger partial charge in [-0.25, -0.2) is 8.42 Å². The van der Waals surface area contributed by atoms with Crippen molar-refractivity contribution in [3.8, 4) is 0 Å². The number of carbonyl (C=O) groups is 1. The first-order chi connectivity index (χ1) is 19.5. The van der Waals surface area contributed by atoms with E-state index in [-0.39, 0.29) is 42.9 Å². The smallest absolute Gasteiger partial charge is 0.229 e. The van der Waals surface area contributed by atoms with Crippen molar-refractivity contribution < 1.29 is 13.2 Å². The van der Waals surface area contributed by atoms with Crippen LogP contribution in [-0.2, 0) is 21.4 Å². The number of piperidine rings is 1. The Bertz CT molecular complexity index is 1490. The molecule has 4 atom stereocenters. The Hall–Kier alpha value is -2.16. The van der Waals surface area contributed by atoms with Gasteiger partial charge in [0.1, 0.15) is 0 Å². The van der Waals surface area contributed by atoms with Crippen LogP contribution in [-0.4, -0.2) is 42.4 Å². The number of rotatable bonds is 11. The lowest BCUT2D eigenvalue weighted by atomic mass is 9.67. The van der Waals surface area contributed by atoms with Crippen molar-refractivity contribution in [1.29, 1.82) is 0 Å². The molecule has 5 nitrogen and oxygen atoms in total. The number of halogens is 2. The third kappa shape index (κ3) is 6.75. The molecule has 1 amide bonds. The molecule has 2 aromatic carbocycles. The molecule has 0 spiro atoms. The Morgan fingerprint density at radius 3 is 2.41 bits per heavy atom. The van der Waals surface area contributed by atoms with Gasteiger partial charge in [0.2, 0.25) is 15.9 Å². The van der Waals surface area contributed by atoms with Crippen LogP contribution in [0.15, 0.2) is 78.7 Å². The van der Waals surface area contributed by atoms with Crippen LogP contribution in [0.4, 0.5) is 0 Å². The van der Waals surface area contributed by atoms with Gasteiger partial charge >= 0.3 is 0 Å². The van der Waals surface area contributed by atoms with Gasteiger partial charge in [0.15, 0.2) is 0 Å². The van der Waals surface area contributed by atoms with E-state index < -0.39 is 15.4 Å². The summed E-state index contributed by atoms with van der Waals surface area (Å²) in [7, 11) is -3.54. The number of likely N-dealkylation sites (tertiary alicyclic amines) is 1. The van der Waals surface area contributed by atoms with Gasteiger partial charge in [-0.05, 0) is 78.4 Å². The number of carbonyl (C=O) groups excluding carboxylic acids is 1.